The number of hydrogen-bond donors (Lipinski definition) is 3. The summed E-state index contributed by atoms with van der Waals surface area (Å²) >= 11 is 0. The second-order valence-corrected chi connectivity index (χ2v) is 4.14. The molecule has 0 spiro atoms. The zero-order valence-electron chi connectivity index (χ0n) is 9.05. The molecule has 1 aliphatic rings. The molecule has 0 aromatic carbocycles. The first-order chi connectivity index (χ1) is 8.20. The number of nitrogens with one attached hydrogen (secondary N) is 1. The van der Waals surface area contributed by atoms with Crippen molar-refractivity contribution in [3.63, 3.8) is 0 Å². The largest absolute Gasteiger partial charge is 0.383 e. The number of amides is 1. The molecule has 0 bridgehead atoms. The monoisotopic (exact) mass is 232 g/mol. The molecule has 2 aromatic heterocycles. The first kappa shape index (κ1) is 10.0. The van der Waals surface area contributed by atoms with Crippen LogP contribution in [0.5, 0.6) is 0 Å². The Balaban J connectivity index is 2.15. The minimum absolute atomic E-state index is 0.227. The molecule has 1 aliphatic carbocycles. The van der Waals surface area contributed by atoms with Crippen molar-refractivity contribution in [1.29, 1.82) is 0 Å². The maximum atomic E-state index is 11.4. The lowest BCUT2D eigenvalue weighted by atomic mass is 10.3. The smallest absolute Gasteiger partial charge is 0.270 e. The van der Waals surface area contributed by atoms with E-state index >= 15 is 0 Å². The molecule has 1 fully saturated rings. The number of nitrogens with two attached hydrogens (primary N) is 2. The summed E-state index contributed by atoms with van der Waals surface area (Å²) in [5.74, 6) is 5.37. The average Bonchev–Trinajstić information content (AvgIpc) is 3.09. The van der Waals surface area contributed by atoms with Gasteiger partial charge in [-0.3, -0.25) is 10.2 Å². The van der Waals surface area contributed by atoms with Crippen molar-refractivity contribution in [3.8, 4) is 0 Å². The van der Waals surface area contributed by atoms with E-state index in [1.165, 1.54) is 10.7 Å². The van der Waals surface area contributed by atoms with Crippen LogP contribution < -0.4 is 17.0 Å². The third kappa shape index (κ3) is 1.51. The zero-order valence-corrected chi connectivity index (χ0v) is 9.05. The molecule has 88 valence electrons. The van der Waals surface area contributed by atoms with Gasteiger partial charge in [0.05, 0.1) is 5.69 Å². The number of fused-ring (bicyclic) bond motifs is 1. The van der Waals surface area contributed by atoms with Gasteiger partial charge in [-0.2, -0.15) is 9.61 Å². The lowest BCUT2D eigenvalue weighted by Crippen LogP contribution is -2.31. The molecule has 7 nitrogen and oxygen atoms in total. The van der Waals surface area contributed by atoms with E-state index in [2.05, 4.69) is 10.1 Å². The van der Waals surface area contributed by atoms with Gasteiger partial charge in [0.2, 0.25) is 0 Å². The van der Waals surface area contributed by atoms with Gasteiger partial charge in [-0.25, -0.2) is 10.8 Å². The molecule has 2 heterocycles. The number of rotatable bonds is 2. The van der Waals surface area contributed by atoms with Crippen molar-refractivity contribution >= 4 is 17.4 Å². The van der Waals surface area contributed by atoms with E-state index in [4.69, 9.17) is 11.6 Å². The fourth-order valence-corrected chi connectivity index (χ4v) is 1.80. The molecule has 17 heavy (non-hydrogen) atoms. The van der Waals surface area contributed by atoms with E-state index in [0.29, 0.717) is 11.6 Å². The average molecular weight is 232 g/mol. The van der Waals surface area contributed by atoms with Crippen LogP contribution in [0.3, 0.4) is 0 Å². The Morgan fingerprint density at radius 2 is 2.29 bits per heavy atom. The van der Waals surface area contributed by atoms with Crippen molar-refractivity contribution in [2.24, 2.45) is 5.84 Å². The van der Waals surface area contributed by atoms with Gasteiger partial charge in [0, 0.05) is 18.2 Å². The second-order valence-electron chi connectivity index (χ2n) is 4.14. The molecule has 0 atom stereocenters. The Morgan fingerprint density at radius 3 is 2.94 bits per heavy atom. The Bertz CT molecular complexity index is 600. The first-order valence-electron chi connectivity index (χ1n) is 5.36. The number of aromatic nitrogens is 3. The molecule has 5 N–H and O–H groups in total. The number of nitrogens with zero attached hydrogens (tertiary/aromatic N) is 3. The van der Waals surface area contributed by atoms with Gasteiger partial charge in [-0.1, -0.05) is 0 Å². The minimum atomic E-state index is -0.472. The lowest BCUT2D eigenvalue weighted by molar-refractivity contribution is 0.0954. The molecule has 1 saturated carbocycles. The van der Waals surface area contributed by atoms with E-state index in [9.17, 15) is 4.79 Å². The molecular weight excluding hydrogens is 220 g/mol. The van der Waals surface area contributed by atoms with Gasteiger partial charge in [0.25, 0.3) is 5.91 Å². The third-order valence-electron chi connectivity index (χ3n) is 2.91. The normalized spacial score (nSPS) is 15.1. The van der Waals surface area contributed by atoms with Crippen molar-refractivity contribution in [3.05, 3.63) is 23.5 Å². The minimum Gasteiger partial charge on any atom is -0.383 e. The van der Waals surface area contributed by atoms with Crippen LogP contribution in [0, 0.1) is 0 Å². The number of hydrogen-bond acceptors (Lipinski definition) is 5. The van der Waals surface area contributed by atoms with Gasteiger partial charge >= 0.3 is 0 Å². The van der Waals surface area contributed by atoms with Gasteiger partial charge in [-0.15, -0.1) is 0 Å². The highest BCUT2D eigenvalue weighted by Crippen LogP contribution is 2.39. The zero-order chi connectivity index (χ0) is 12.0. The predicted octanol–water partition coefficient (Wildman–Crippen LogP) is -0.208. The fourth-order valence-electron chi connectivity index (χ4n) is 1.80. The molecule has 0 unspecified atom stereocenters. The summed E-state index contributed by atoms with van der Waals surface area (Å²) in [7, 11) is 0. The van der Waals surface area contributed by atoms with E-state index < -0.39 is 5.91 Å². The molecule has 0 saturated heterocycles. The third-order valence-corrected chi connectivity index (χ3v) is 2.91. The maximum Gasteiger partial charge on any atom is 0.270 e. The van der Waals surface area contributed by atoms with Crippen LogP contribution in [0.1, 0.15) is 34.8 Å². The van der Waals surface area contributed by atoms with Crippen LogP contribution in [0.4, 0.5) is 5.82 Å². The summed E-state index contributed by atoms with van der Waals surface area (Å²) in [4.78, 5) is 15.6. The number of anilines is 1. The second kappa shape index (κ2) is 3.42. The quantitative estimate of drug-likeness (QED) is 0.377. The summed E-state index contributed by atoms with van der Waals surface area (Å²) in [5, 5.41) is 4.36. The molecule has 3 rings (SSSR count). The van der Waals surface area contributed by atoms with E-state index in [1.54, 1.807) is 0 Å². The standard InChI is InChI=1S/C10H12N6O/c11-9-6(10(17)14-12)4-13-8-3-7(5-1-2-5)15-16(8)9/h3-5H,1-2,11-12H2,(H,14,17). The SMILES string of the molecule is NNC(=O)c1cnc2cc(C3CC3)nn2c1N. The summed E-state index contributed by atoms with van der Waals surface area (Å²) in [6.45, 7) is 0. The Hall–Kier alpha value is -2.15. The summed E-state index contributed by atoms with van der Waals surface area (Å²) in [6.07, 6.45) is 3.71. The van der Waals surface area contributed by atoms with Crippen LogP contribution in [0.2, 0.25) is 0 Å². The van der Waals surface area contributed by atoms with E-state index in [1.807, 2.05) is 11.5 Å². The summed E-state index contributed by atoms with van der Waals surface area (Å²) < 4.78 is 1.48. The Labute approximate surface area is 96.8 Å². The van der Waals surface area contributed by atoms with E-state index in [0.717, 1.165) is 18.5 Å². The highest BCUT2D eigenvalue weighted by molar-refractivity contribution is 5.98. The highest BCUT2D eigenvalue weighted by atomic mass is 16.2. The van der Waals surface area contributed by atoms with Crippen LogP contribution in [0.15, 0.2) is 12.3 Å². The predicted molar refractivity (Wildman–Crippen MR) is 61.0 cm³/mol. The molecule has 1 amide bonds. The number of carbonyl (C=O) groups is 1. The topological polar surface area (TPSA) is 111 Å². The number of carbonyl (C=O) groups excluding carboxylic acids is 1. The summed E-state index contributed by atoms with van der Waals surface area (Å²) in [5.41, 5.74) is 9.76. The molecule has 7 heteroatoms. The number of hydrazine groups is 1. The number of nitrogen functional groups attached to an aromatic ring is 2. The first-order valence-corrected chi connectivity index (χ1v) is 5.36. The summed E-state index contributed by atoms with van der Waals surface area (Å²) in [6, 6.07) is 1.90. The highest BCUT2D eigenvalue weighted by Gasteiger charge is 2.27. The van der Waals surface area contributed by atoms with Gasteiger partial charge in [0.1, 0.15) is 11.4 Å². The van der Waals surface area contributed by atoms with Gasteiger partial charge in [0.15, 0.2) is 5.65 Å². The molecule has 0 radical (unpaired) electrons. The van der Waals surface area contributed by atoms with Crippen LogP contribution in [-0.2, 0) is 0 Å². The molecule has 2 aromatic rings. The van der Waals surface area contributed by atoms with Gasteiger partial charge in [-0.05, 0) is 12.8 Å². The Morgan fingerprint density at radius 1 is 1.53 bits per heavy atom. The Kier molecular flexibility index (Phi) is 2.02. The van der Waals surface area contributed by atoms with E-state index in [-0.39, 0.29) is 11.4 Å². The van der Waals surface area contributed by atoms with Crippen molar-refractivity contribution < 1.29 is 4.79 Å². The maximum absolute atomic E-state index is 11.4. The van der Waals surface area contributed by atoms with Crippen LogP contribution in [0.25, 0.3) is 5.65 Å². The van der Waals surface area contributed by atoms with Crippen molar-refractivity contribution in [1.82, 2.24) is 20.0 Å². The molecular formula is C10H12N6O. The fraction of sp³-hybridized carbons (Fsp3) is 0.300. The lowest BCUT2D eigenvalue weighted by Gasteiger charge is -2.04. The molecule has 0 aliphatic heterocycles. The van der Waals surface area contributed by atoms with Crippen LogP contribution >= 0.6 is 0 Å². The van der Waals surface area contributed by atoms with Gasteiger partial charge < -0.3 is 5.73 Å². The van der Waals surface area contributed by atoms with Crippen molar-refractivity contribution in [2.75, 3.05) is 5.73 Å². The van der Waals surface area contributed by atoms with Crippen LogP contribution in [-0.4, -0.2) is 20.5 Å². The van der Waals surface area contributed by atoms with Crippen molar-refractivity contribution in [2.45, 2.75) is 18.8 Å².